The molecule has 174 valence electrons. The number of anilines is 1. The van der Waals surface area contributed by atoms with Crippen molar-refractivity contribution in [1.82, 2.24) is 14.9 Å². The first kappa shape index (κ1) is 23.8. The lowest BCUT2D eigenvalue weighted by molar-refractivity contribution is -0.152. The summed E-state index contributed by atoms with van der Waals surface area (Å²) >= 11 is 0. The van der Waals surface area contributed by atoms with E-state index in [-0.39, 0.29) is 0 Å². The number of carboxylic acids is 1. The number of benzene rings is 1. The molecule has 1 N–H and O–H groups in total. The predicted molar refractivity (Wildman–Crippen MR) is 113 cm³/mol. The first-order chi connectivity index (χ1) is 14.9. The van der Waals surface area contributed by atoms with E-state index in [1.54, 1.807) is 0 Å². The number of alkyl halides is 3. The van der Waals surface area contributed by atoms with Crippen LogP contribution in [0.15, 0.2) is 24.5 Å². The Morgan fingerprint density at radius 2 is 1.59 bits per heavy atom. The largest absolute Gasteiger partial charge is 0.478 e. The summed E-state index contributed by atoms with van der Waals surface area (Å²) in [5, 5.41) is 9.31. The molecule has 0 aliphatic carbocycles. The molecule has 1 aliphatic rings. The number of halogens is 3. The van der Waals surface area contributed by atoms with Gasteiger partial charge in [-0.15, -0.1) is 0 Å². The number of hydrogen-bond acceptors (Lipinski definition) is 6. The van der Waals surface area contributed by atoms with E-state index in [9.17, 15) is 23.1 Å². The predicted octanol–water partition coefficient (Wildman–Crippen LogP) is 3.68. The summed E-state index contributed by atoms with van der Waals surface area (Å²) in [6, 6.07) is 3.99. The van der Waals surface area contributed by atoms with Crippen molar-refractivity contribution in [2.24, 2.45) is 0 Å². The van der Waals surface area contributed by atoms with Crippen molar-refractivity contribution < 1.29 is 27.8 Å². The minimum Gasteiger partial charge on any atom is -0.478 e. The summed E-state index contributed by atoms with van der Waals surface area (Å²) in [5.41, 5.74) is 2.08. The summed E-state index contributed by atoms with van der Waals surface area (Å²) in [6.45, 7) is 10.3. The number of aromatic nitrogens is 2. The second kappa shape index (κ2) is 8.93. The monoisotopic (exact) mass is 452 g/mol. The van der Waals surface area contributed by atoms with Crippen LogP contribution in [0.25, 0.3) is 0 Å². The standard InChI is InChI=1S/C22H27F3N4O3/c1-14-9-16(10-15(2)18(14)32-21(3,4)20(30)31)13-28-5-7-29(8-6-28)17-11-26-19(27-12-17)22(23,24)25/h9-12H,5-8,13H2,1-4H3,(H,30,31). The van der Waals surface area contributed by atoms with Crippen molar-refractivity contribution in [3.8, 4) is 5.75 Å². The highest BCUT2D eigenvalue weighted by atomic mass is 19.4. The van der Waals surface area contributed by atoms with Crippen molar-refractivity contribution in [2.45, 2.75) is 46.0 Å². The van der Waals surface area contributed by atoms with E-state index in [1.807, 2.05) is 30.9 Å². The number of aryl methyl sites for hydroxylation is 2. The van der Waals surface area contributed by atoms with Gasteiger partial charge in [0.25, 0.3) is 0 Å². The molecule has 0 spiro atoms. The number of ether oxygens (including phenoxy) is 1. The van der Waals surface area contributed by atoms with Crippen molar-refractivity contribution in [3.63, 3.8) is 0 Å². The molecule has 32 heavy (non-hydrogen) atoms. The van der Waals surface area contributed by atoms with Crippen LogP contribution in [-0.4, -0.2) is 57.7 Å². The molecule has 0 atom stereocenters. The van der Waals surface area contributed by atoms with E-state index in [0.717, 1.165) is 29.8 Å². The van der Waals surface area contributed by atoms with Gasteiger partial charge in [-0.25, -0.2) is 14.8 Å². The fraction of sp³-hybridized carbons (Fsp3) is 0.500. The van der Waals surface area contributed by atoms with Gasteiger partial charge in [-0.2, -0.15) is 13.2 Å². The Hall–Kier alpha value is -2.88. The number of hydrogen-bond donors (Lipinski definition) is 1. The van der Waals surface area contributed by atoms with Crippen LogP contribution in [0.3, 0.4) is 0 Å². The molecule has 2 aromatic rings. The van der Waals surface area contributed by atoms with E-state index in [0.29, 0.717) is 31.1 Å². The van der Waals surface area contributed by atoms with Crippen LogP contribution in [-0.2, 0) is 17.5 Å². The highest BCUT2D eigenvalue weighted by Gasteiger charge is 2.34. The van der Waals surface area contributed by atoms with Crippen molar-refractivity contribution >= 4 is 11.7 Å². The quantitative estimate of drug-likeness (QED) is 0.716. The lowest BCUT2D eigenvalue weighted by Gasteiger charge is -2.36. The molecule has 0 radical (unpaired) electrons. The van der Waals surface area contributed by atoms with Gasteiger partial charge in [0.1, 0.15) is 5.75 Å². The molecular formula is C22H27F3N4O3. The van der Waals surface area contributed by atoms with Crippen molar-refractivity contribution in [3.05, 3.63) is 47.0 Å². The third-order valence-corrected chi connectivity index (χ3v) is 5.43. The molecule has 0 saturated carbocycles. The molecule has 1 aliphatic heterocycles. The van der Waals surface area contributed by atoms with Crippen LogP contribution in [0.1, 0.15) is 36.4 Å². The van der Waals surface area contributed by atoms with Crippen LogP contribution in [0.2, 0.25) is 0 Å². The number of aliphatic carboxylic acids is 1. The summed E-state index contributed by atoms with van der Waals surface area (Å²) in [6.07, 6.45) is -2.11. The maximum atomic E-state index is 12.6. The minimum atomic E-state index is -4.54. The second-order valence-electron chi connectivity index (χ2n) is 8.50. The Bertz CT molecular complexity index is 946. The fourth-order valence-electron chi connectivity index (χ4n) is 3.64. The summed E-state index contributed by atoms with van der Waals surface area (Å²) < 4.78 is 43.7. The zero-order chi connectivity index (χ0) is 23.7. The number of carboxylic acid groups (broad SMARTS) is 1. The topological polar surface area (TPSA) is 78.8 Å². The van der Waals surface area contributed by atoms with Gasteiger partial charge in [-0.05, 0) is 44.4 Å². The summed E-state index contributed by atoms with van der Waals surface area (Å²) in [7, 11) is 0. The number of piperazine rings is 1. The van der Waals surface area contributed by atoms with Crippen molar-refractivity contribution in [2.75, 3.05) is 31.1 Å². The third-order valence-electron chi connectivity index (χ3n) is 5.43. The molecule has 1 aromatic heterocycles. The van der Waals surface area contributed by atoms with Crippen molar-refractivity contribution in [1.29, 1.82) is 0 Å². The third kappa shape index (κ3) is 5.48. The number of rotatable bonds is 6. The van der Waals surface area contributed by atoms with Gasteiger partial charge in [0.2, 0.25) is 5.82 Å². The van der Waals surface area contributed by atoms with Gasteiger partial charge in [0, 0.05) is 32.7 Å². The molecule has 3 rings (SSSR count). The molecule has 1 saturated heterocycles. The van der Waals surface area contributed by atoms with E-state index in [1.165, 1.54) is 26.2 Å². The van der Waals surface area contributed by atoms with Gasteiger partial charge >= 0.3 is 12.1 Å². The lowest BCUT2D eigenvalue weighted by atomic mass is 10.0. The van der Waals surface area contributed by atoms with Crippen LogP contribution in [0.4, 0.5) is 18.9 Å². The van der Waals surface area contributed by atoms with Crippen LogP contribution >= 0.6 is 0 Å². The maximum Gasteiger partial charge on any atom is 0.451 e. The SMILES string of the molecule is Cc1cc(CN2CCN(c3cnc(C(F)(F)F)nc3)CC2)cc(C)c1OC(C)(C)C(=O)O. The smallest absolute Gasteiger partial charge is 0.451 e. The molecule has 7 nitrogen and oxygen atoms in total. The molecule has 0 unspecified atom stereocenters. The van der Waals surface area contributed by atoms with Gasteiger partial charge in [-0.3, -0.25) is 4.90 Å². The van der Waals surface area contributed by atoms with E-state index in [2.05, 4.69) is 14.9 Å². The Morgan fingerprint density at radius 1 is 1.06 bits per heavy atom. The van der Waals surface area contributed by atoms with Gasteiger partial charge in [0.15, 0.2) is 5.60 Å². The van der Waals surface area contributed by atoms with Gasteiger partial charge in [0.05, 0.1) is 18.1 Å². The molecule has 1 fully saturated rings. The minimum absolute atomic E-state index is 0.576. The summed E-state index contributed by atoms with van der Waals surface area (Å²) in [4.78, 5) is 22.5. The van der Waals surface area contributed by atoms with Crippen LogP contribution in [0.5, 0.6) is 5.75 Å². The Labute approximate surface area is 184 Å². The highest BCUT2D eigenvalue weighted by molar-refractivity contribution is 5.77. The number of nitrogens with zero attached hydrogens (tertiary/aromatic N) is 4. The van der Waals surface area contributed by atoms with Gasteiger partial charge < -0.3 is 14.7 Å². The zero-order valence-corrected chi connectivity index (χ0v) is 18.5. The van der Waals surface area contributed by atoms with Crippen LogP contribution < -0.4 is 9.64 Å². The molecule has 10 heteroatoms. The first-order valence-corrected chi connectivity index (χ1v) is 10.3. The van der Waals surface area contributed by atoms with Crippen LogP contribution in [0, 0.1) is 13.8 Å². The Kier molecular flexibility index (Phi) is 6.64. The summed E-state index contributed by atoms with van der Waals surface area (Å²) in [5.74, 6) is -1.59. The highest BCUT2D eigenvalue weighted by Crippen LogP contribution is 2.30. The lowest BCUT2D eigenvalue weighted by Crippen LogP contribution is -2.46. The molecule has 2 heterocycles. The molecule has 0 amide bonds. The Morgan fingerprint density at radius 3 is 2.06 bits per heavy atom. The van der Waals surface area contributed by atoms with Gasteiger partial charge in [-0.1, -0.05) is 12.1 Å². The first-order valence-electron chi connectivity index (χ1n) is 10.3. The fourth-order valence-corrected chi connectivity index (χ4v) is 3.64. The number of carbonyl (C=O) groups is 1. The zero-order valence-electron chi connectivity index (χ0n) is 18.5. The molecule has 0 bridgehead atoms. The molecule has 1 aromatic carbocycles. The van der Waals surface area contributed by atoms with E-state index < -0.39 is 23.6 Å². The Balaban J connectivity index is 1.61. The maximum absolute atomic E-state index is 12.6. The van der Waals surface area contributed by atoms with E-state index in [4.69, 9.17) is 4.74 Å². The average molecular weight is 452 g/mol. The van der Waals surface area contributed by atoms with E-state index >= 15 is 0 Å². The average Bonchev–Trinajstić information content (AvgIpc) is 2.71. The second-order valence-corrected chi connectivity index (χ2v) is 8.50. The molecular weight excluding hydrogens is 425 g/mol. The normalized spacial score (nSPS) is 15.7.